The third-order valence-electron chi connectivity index (χ3n) is 19.8. The summed E-state index contributed by atoms with van der Waals surface area (Å²) >= 11 is 0. The van der Waals surface area contributed by atoms with Crippen molar-refractivity contribution in [3.05, 3.63) is 0 Å². The topological polar surface area (TPSA) is 237 Å². The quantitative estimate of drug-likeness (QED) is 0.0222. The minimum absolute atomic E-state index is 0.106. The number of aliphatic hydroxyl groups is 1. The van der Waals surface area contributed by atoms with E-state index in [0.717, 1.165) is 102 Å². The number of hydrogen-bond acceptors (Lipinski definition) is 15. The molecule has 102 heavy (non-hydrogen) atoms. The molecule has 6 atom stereocenters. The molecule has 0 amide bonds. The van der Waals surface area contributed by atoms with Gasteiger partial charge in [0.1, 0.15) is 19.3 Å². The first-order chi connectivity index (χ1) is 49.4. The lowest BCUT2D eigenvalue weighted by Crippen LogP contribution is -2.30. The van der Waals surface area contributed by atoms with Crippen LogP contribution >= 0.6 is 15.6 Å². The normalized spacial score (nSPS) is 14.1. The van der Waals surface area contributed by atoms with Gasteiger partial charge in [0.2, 0.25) is 0 Å². The minimum Gasteiger partial charge on any atom is -0.462 e. The summed E-state index contributed by atoms with van der Waals surface area (Å²) in [6.45, 7) is 9.66. The SMILES string of the molecule is CCCCCCCCCCCCCCCCCCCCC(=O)OC[C@H](COP(=O)(O)OC[C@@H](O)COP(=O)(O)OC[C@@H](COC(=O)CCCCCCCCCCC(C)CC)OC(=O)CCCCCCCCCCCCCC(C)C)OC(=O)CCCCCCCCCCCCCCCCCCCC. The molecule has 0 rings (SSSR count). The van der Waals surface area contributed by atoms with E-state index in [1.807, 2.05) is 0 Å². The first kappa shape index (κ1) is 100. The van der Waals surface area contributed by atoms with E-state index in [2.05, 4.69) is 41.5 Å². The molecule has 0 aliphatic rings. The van der Waals surface area contributed by atoms with E-state index < -0.39 is 97.5 Å². The summed E-state index contributed by atoms with van der Waals surface area (Å²) in [4.78, 5) is 73.1. The van der Waals surface area contributed by atoms with Crippen LogP contribution in [0.3, 0.4) is 0 Å². The Kier molecular flexibility index (Phi) is 73.1. The Morgan fingerprint density at radius 3 is 0.745 bits per heavy atom. The fourth-order valence-electron chi connectivity index (χ4n) is 12.9. The second-order valence-electron chi connectivity index (χ2n) is 30.6. The number of carbonyl (C=O) groups is 4. The Labute approximate surface area is 626 Å². The molecule has 0 aromatic heterocycles. The van der Waals surface area contributed by atoms with Gasteiger partial charge < -0.3 is 33.8 Å². The Morgan fingerprint density at radius 1 is 0.284 bits per heavy atom. The van der Waals surface area contributed by atoms with E-state index in [-0.39, 0.29) is 25.7 Å². The van der Waals surface area contributed by atoms with Crippen LogP contribution in [0.4, 0.5) is 0 Å². The van der Waals surface area contributed by atoms with Gasteiger partial charge in [-0.1, -0.05) is 388 Å². The zero-order valence-electron chi connectivity index (χ0n) is 66.9. The highest BCUT2D eigenvalue weighted by Crippen LogP contribution is 2.45. The zero-order valence-corrected chi connectivity index (χ0v) is 68.7. The molecular weight excluding hydrogens is 1330 g/mol. The number of rotatable bonds is 82. The zero-order chi connectivity index (χ0) is 74.9. The maximum atomic E-state index is 13.1. The number of hydrogen-bond donors (Lipinski definition) is 3. The lowest BCUT2D eigenvalue weighted by molar-refractivity contribution is -0.161. The van der Waals surface area contributed by atoms with Crippen LogP contribution in [0, 0.1) is 11.8 Å². The highest BCUT2D eigenvalue weighted by atomic mass is 31.2. The van der Waals surface area contributed by atoms with E-state index in [0.29, 0.717) is 25.7 Å². The van der Waals surface area contributed by atoms with Gasteiger partial charge in [0.25, 0.3) is 0 Å². The summed E-state index contributed by atoms with van der Waals surface area (Å²) < 4.78 is 68.8. The van der Waals surface area contributed by atoms with E-state index in [1.165, 1.54) is 257 Å². The molecule has 0 saturated carbocycles. The largest absolute Gasteiger partial charge is 0.472 e. The summed E-state index contributed by atoms with van der Waals surface area (Å²) in [6.07, 6.45) is 65.1. The number of esters is 4. The molecule has 0 saturated heterocycles. The van der Waals surface area contributed by atoms with Crippen LogP contribution in [0.5, 0.6) is 0 Å². The van der Waals surface area contributed by atoms with Crippen LogP contribution in [0.2, 0.25) is 0 Å². The maximum Gasteiger partial charge on any atom is 0.472 e. The molecule has 3 N–H and O–H groups in total. The average molecular weight is 1490 g/mol. The van der Waals surface area contributed by atoms with Crippen molar-refractivity contribution in [2.24, 2.45) is 11.8 Å². The van der Waals surface area contributed by atoms with Crippen LogP contribution < -0.4 is 0 Å². The van der Waals surface area contributed by atoms with Crippen LogP contribution in [-0.2, 0) is 65.4 Å². The summed E-state index contributed by atoms with van der Waals surface area (Å²) in [6, 6.07) is 0. The van der Waals surface area contributed by atoms with E-state index in [1.54, 1.807) is 0 Å². The highest BCUT2D eigenvalue weighted by Gasteiger charge is 2.30. The van der Waals surface area contributed by atoms with Crippen molar-refractivity contribution in [2.75, 3.05) is 39.6 Å². The molecule has 0 fully saturated rings. The monoisotopic (exact) mass is 1490 g/mol. The molecule has 0 bridgehead atoms. The van der Waals surface area contributed by atoms with Crippen molar-refractivity contribution in [3.8, 4) is 0 Å². The van der Waals surface area contributed by atoms with Gasteiger partial charge in [0, 0.05) is 25.7 Å². The summed E-state index contributed by atoms with van der Waals surface area (Å²) in [7, 11) is -9.92. The maximum absolute atomic E-state index is 13.1. The van der Waals surface area contributed by atoms with Crippen LogP contribution in [-0.4, -0.2) is 96.7 Å². The Morgan fingerprint density at radius 2 is 0.500 bits per heavy atom. The molecule has 606 valence electrons. The van der Waals surface area contributed by atoms with Gasteiger partial charge in [0.05, 0.1) is 26.4 Å². The number of phosphoric acid groups is 2. The molecule has 0 aromatic rings. The van der Waals surface area contributed by atoms with Crippen molar-refractivity contribution >= 4 is 39.5 Å². The second-order valence-corrected chi connectivity index (χ2v) is 33.5. The standard InChI is InChI=1S/C83H162O17P2/c1-7-10-12-14-16-18-20-22-24-26-28-30-32-36-40-47-53-59-65-80(85)93-71-78(99-82(87)67-61-55-49-41-37-33-31-29-27-25-23-21-19-17-15-13-11-8-2)73-97-101(89,90)95-69-77(84)70-96-102(91,92)98-74-79(72-94-81(86)66-60-54-48-44-43-46-52-58-64-76(6)9-3)100-83(88)68-62-56-50-42-38-34-35-39-45-51-57-63-75(4)5/h75-79,84H,7-74H2,1-6H3,(H,89,90)(H,91,92)/t76?,77-,78-,79-/m1/s1. The van der Waals surface area contributed by atoms with Crippen molar-refractivity contribution in [1.29, 1.82) is 0 Å². The van der Waals surface area contributed by atoms with Gasteiger partial charge in [-0.05, 0) is 37.5 Å². The molecule has 0 aromatic carbocycles. The van der Waals surface area contributed by atoms with Crippen molar-refractivity contribution in [2.45, 2.75) is 458 Å². The number of ether oxygens (including phenoxy) is 4. The number of unbranched alkanes of at least 4 members (excludes halogenated alkanes) is 51. The third-order valence-corrected chi connectivity index (χ3v) is 21.7. The van der Waals surface area contributed by atoms with Gasteiger partial charge in [0.15, 0.2) is 12.2 Å². The lowest BCUT2D eigenvalue weighted by Gasteiger charge is -2.21. The second kappa shape index (κ2) is 74.5. The van der Waals surface area contributed by atoms with E-state index >= 15 is 0 Å². The molecule has 0 aliphatic carbocycles. The van der Waals surface area contributed by atoms with Gasteiger partial charge in [-0.3, -0.25) is 37.3 Å². The van der Waals surface area contributed by atoms with Crippen LogP contribution in [0.15, 0.2) is 0 Å². The first-order valence-electron chi connectivity index (χ1n) is 43.0. The van der Waals surface area contributed by atoms with Crippen molar-refractivity contribution in [1.82, 2.24) is 0 Å². The molecule has 0 radical (unpaired) electrons. The smallest absolute Gasteiger partial charge is 0.462 e. The molecular formula is C83H162O17P2. The predicted octanol–water partition coefficient (Wildman–Crippen LogP) is 25.1. The Bertz CT molecular complexity index is 1960. The van der Waals surface area contributed by atoms with Gasteiger partial charge in [-0.25, -0.2) is 9.13 Å². The van der Waals surface area contributed by atoms with E-state index in [4.69, 9.17) is 37.0 Å². The predicted molar refractivity (Wildman–Crippen MR) is 418 cm³/mol. The van der Waals surface area contributed by atoms with Gasteiger partial charge >= 0.3 is 39.5 Å². The summed E-state index contributed by atoms with van der Waals surface area (Å²) in [5.41, 5.74) is 0. The Balaban J connectivity index is 5.26. The Hall–Kier alpha value is -1.94. The third kappa shape index (κ3) is 74.9. The van der Waals surface area contributed by atoms with Gasteiger partial charge in [-0.2, -0.15) is 0 Å². The lowest BCUT2D eigenvalue weighted by atomic mass is 9.99. The molecule has 3 unspecified atom stereocenters. The molecule has 19 heteroatoms. The summed E-state index contributed by atoms with van der Waals surface area (Å²) in [5, 5.41) is 10.7. The van der Waals surface area contributed by atoms with Crippen molar-refractivity contribution in [3.63, 3.8) is 0 Å². The number of aliphatic hydroxyl groups excluding tert-OH is 1. The number of phosphoric ester groups is 2. The molecule has 0 aliphatic heterocycles. The van der Waals surface area contributed by atoms with Crippen molar-refractivity contribution < 1.29 is 80.2 Å². The molecule has 17 nitrogen and oxygen atoms in total. The fourth-order valence-corrected chi connectivity index (χ4v) is 14.4. The van der Waals surface area contributed by atoms with Crippen LogP contribution in [0.1, 0.15) is 440 Å². The molecule has 0 heterocycles. The summed E-state index contributed by atoms with van der Waals surface area (Å²) in [5.74, 6) is -0.563. The fraction of sp³-hybridized carbons (Fsp3) is 0.952. The average Bonchev–Trinajstić information content (AvgIpc) is 0.909. The van der Waals surface area contributed by atoms with Gasteiger partial charge in [-0.15, -0.1) is 0 Å². The highest BCUT2D eigenvalue weighted by molar-refractivity contribution is 7.47. The number of carbonyl (C=O) groups excluding carboxylic acids is 4. The van der Waals surface area contributed by atoms with E-state index in [9.17, 15) is 43.2 Å². The molecule has 0 spiro atoms. The van der Waals surface area contributed by atoms with Crippen LogP contribution in [0.25, 0.3) is 0 Å². The minimum atomic E-state index is -4.96. The first-order valence-corrected chi connectivity index (χ1v) is 46.0.